The number of ether oxygens (including phenoxy) is 1. The zero-order valence-corrected chi connectivity index (χ0v) is 9.13. The third-order valence-electron chi connectivity index (χ3n) is 3.15. The van der Waals surface area contributed by atoms with Crippen molar-refractivity contribution in [2.75, 3.05) is 19.7 Å². The normalized spacial score (nSPS) is 31.5. The summed E-state index contributed by atoms with van der Waals surface area (Å²) < 4.78 is 5.46. The molecule has 2 N–H and O–H groups in total. The van der Waals surface area contributed by atoms with Crippen LogP contribution in [0.15, 0.2) is 0 Å². The van der Waals surface area contributed by atoms with E-state index in [9.17, 15) is 4.79 Å². The summed E-state index contributed by atoms with van der Waals surface area (Å²) in [7, 11) is 0. The Bertz CT molecular complexity index is 209. The van der Waals surface area contributed by atoms with Crippen LogP contribution < -0.4 is 10.6 Å². The van der Waals surface area contributed by atoms with Gasteiger partial charge in [-0.05, 0) is 32.2 Å². The number of hydrogen-bond donors (Lipinski definition) is 2. The van der Waals surface area contributed by atoms with Gasteiger partial charge in [-0.2, -0.15) is 0 Å². The molecule has 0 aliphatic carbocycles. The standard InChI is InChI=1S/C11H20N2O2/c14-11(10-5-1-2-6-12-10)13-8-9-4-3-7-15-9/h9-10,12H,1-8H2,(H,13,14). The molecule has 2 heterocycles. The van der Waals surface area contributed by atoms with E-state index in [1.165, 1.54) is 6.42 Å². The van der Waals surface area contributed by atoms with Gasteiger partial charge in [-0.1, -0.05) is 6.42 Å². The lowest BCUT2D eigenvalue weighted by Crippen LogP contribution is -2.48. The monoisotopic (exact) mass is 212 g/mol. The molecule has 4 heteroatoms. The van der Waals surface area contributed by atoms with Crippen molar-refractivity contribution in [3.63, 3.8) is 0 Å². The van der Waals surface area contributed by atoms with Crippen LogP contribution in [0, 0.1) is 0 Å². The summed E-state index contributed by atoms with van der Waals surface area (Å²) in [5.41, 5.74) is 0. The van der Waals surface area contributed by atoms with Gasteiger partial charge in [0.15, 0.2) is 0 Å². The number of rotatable bonds is 3. The van der Waals surface area contributed by atoms with Gasteiger partial charge in [0, 0.05) is 13.2 Å². The first-order valence-electron chi connectivity index (χ1n) is 5.99. The molecule has 0 aromatic rings. The highest BCUT2D eigenvalue weighted by atomic mass is 16.5. The number of carbonyl (C=O) groups excluding carboxylic acids is 1. The molecule has 0 saturated carbocycles. The van der Waals surface area contributed by atoms with E-state index in [1.54, 1.807) is 0 Å². The highest BCUT2D eigenvalue weighted by Crippen LogP contribution is 2.11. The Morgan fingerprint density at radius 2 is 2.27 bits per heavy atom. The van der Waals surface area contributed by atoms with E-state index in [2.05, 4.69) is 10.6 Å². The highest BCUT2D eigenvalue weighted by molar-refractivity contribution is 5.81. The fourth-order valence-corrected chi connectivity index (χ4v) is 2.22. The molecule has 0 spiro atoms. The molecule has 4 nitrogen and oxygen atoms in total. The molecule has 2 unspecified atom stereocenters. The molecule has 2 aliphatic heterocycles. The van der Waals surface area contributed by atoms with Crippen LogP contribution in [0.1, 0.15) is 32.1 Å². The first kappa shape index (κ1) is 10.9. The van der Waals surface area contributed by atoms with E-state index in [0.717, 1.165) is 38.8 Å². The molecule has 2 atom stereocenters. The predicted molar refractivity (Wildman–Crippen MR) is 57.6 cm³/mol. The summed E-state index contributed by atoms with van der Waals surface area (Å²) >= 11 is 0. The topological polar surface area (TPSA) is 50.4 Å². The van der Waals surface area contributed by atoms with Crippen molar-refractivity contribution in [3.05, 3.63) is 0 Å². The number of hydrogen-bond acceptors (Lipinski definition) is 3. The summed E-state index contributed by atoms with van der Waals surface area (Å²) in [5.74, 6) is 0.144. The van der Waals surface area contributed by atoms with Crippen LogP contribution in [0.4, 0.5) is 0 Å². The molecular formula is C11H20N2O2. The zero-order chi connectivity index (χ0) is 10.5. The Hall–Kier alpha value is -0.610. The van der Waals surface area contributed by atoms with Gasteiger partial charge in [0.25, 0.3) is 0 Å². The maximum absolute atomic E-state index is 11.7. The lowest BCUT2D eigenvalue weighted by molar-refractivity contribution is -0.124. The minimum absolute atomic E-state index is 0.0279. The second-order valence-electron chi connectivity index (χ2n) is 4.38. The van der Waals surface area contributed by atoms with E-state index in [4.69, 9.17) is 4.74 Å². The van der Waals surface area contributed by atoms with Crippen LogP contribution in [0.25, 0.3) is 0 Å². The van der Waals surface area contributed by atoms with E-state index in [0.29, 0.717) is 6.54 Å². The molecule has 2 rings (SSSR count). The van der Waals surface area contributed by atoms with Crippen molar-refractivity contribution in [1.82, 2.24) is 10.6 Å². The second kappa shape index (κ2) is 5.47. The minimum atomic E-state index is 0.0279. The quantitative estimate of drug-likeness (QED) is 0.713. The molecule has 0 bridgehead atoms. The third-order valence-corrected chi connectivity index (χ3v) is 3.15. The van der Waals surface area contributed by atoms with Crippen molar-refractivity contribution >= 4 is 5.91 Å². The largest absolute Gasteiger partial charge is 0.376 e. The van der Waals surface area contributed by atoms with Gasteiger partial charge >= 0.3 is 0 Å². The Balaban J connectivity index is 1.66. The molecule has 15 heavy (non-hydrogen) atoms. The van der Waals surface area contributed by atoms with Gasteiger partial charge in [0.1, 0.15) is 0 Å². The molecule has 2 aliphatic rings. The molecule has 0 radical (unpaired) electrons. The molecule has 0 aromatic heterocycles. The maximum atomic E-state index is 11.7. The first-order chi connectivity index (χ1) is 7.36. The van der Waals surface area contributed by atoms with Crippen LogP contribution in [0.3, 0.4) is 0 Å². The Morgan fingerprint density at radius 1 is 1.33 bits per heavy atom. The van der Waals surface area contributed by atoms with E-state index in [1.807, 2.05) is 0 Å². The second-order valence-corrected chi connectivity index (χ2v) is 4.38. The predicted octanol–water partition coefficient (Wildman–Crippen LogP) is 0.424. The number of piperidine rings is 1. The molecule has 2 saturated heterocycles. The molecule has 1 amide bonds. The number of amides is 1. The lowest BCUT2D eigenvalue weighted by Gasteiger charge is -2.23. The summed E-state index contributed by atoms with van der Waals surface area (Å²) in [6.07, 6.45) is 5.77. The molecule has 0 aromatic carbocycles. The van der Waals surface area contributed by atoms with Crippen LogP contribution in [-0.4, -0.2) is 37.7 Å². The van der Waals surface area contributed by atoms with Crippen molar-refractivity contribution in [2.45, 2.75) is 44.2 Å². The van der Waals surface area contributed by atoms with Crippen LogP contribution in [-0.2, 0) is 9.53 Å². The van der Waals surface area contributed by atoms with Crippen molar-refractivity contribution in [3.8, 4) is 0 Å². The minimum Gasteiger partial charge on any atom is -0.376 e. The summed E-state index contributed by atoms with van der Waals surface area (Å²) in [6.45, 7) is 2.50. The molecule has 2 fully saturated rings. The van der Waals surface area contributed by atoms with Gasteiger partial charge in [-0.3, -0.25) is 4.79 Å². The summed E-state index contributed by atoms with van der Waals surface area (Å²) in [5, 5.41) is 6.21. The average molecular weight is 212 g/mol. The lowest BCUT2D eigenvalue weighted by atomic mass is 10.0. The van der Waals surface area contributed by atoms with Gasteiger partial charge in [-0.15, -0.1) is 0 Å². The van der Waals surface area contributed by atoms with Crippen LogP contribution in [0.2, 0.25) is 0 Å². The van der Waals surface area contributed by atoms with Crippen LogP contribution >= 0.6 is 0 Å². The fourth-order valence-electron chi connectivity index (χ4n) is 2.22. The Kier molecular flexibility index (Phi) is 3.97. The van der Waals surface area contributed by atoms with Gasteiger partial charge in [0.2, 0.25) is 5.91 Å². The van der Waals surface area contributed by atoms with Crippen LogP contribution in [0.5, 0.6) is 0 Å². The zero-order valence-electron chi connectivity index (χ0n) is 9.13. The van der Waals surface area contributed by atoms with E-state index >= 15 is 0 Å². The van der Waals surface area contributed by atoms with Crippen molar-refractivity contribution in [1.29, 1.82) is 0 Å². The van der Waals surface area contributed by atoms with Gasteiger partial charge in [0.05, 0.1) is 12.1 Å². The molecular weight excluding hydrogens is 192 g/mol. The third kappa shape index (κ3) is 3.18. The summed E-state index contributed by atoms with van der Waals surface area (Å²) in [6, 6.07) is 0.0279. The molecule has 86 valence electrons. The Morgan fingerprint density at radius 3 is 2.93 bits per heavy atom. The smallest absolute Gasteiger partial charge is 0.237 e. The van der Waals surface area contributed by atoms with E-state index < -0.39 is 0 Å². The summed E-state index contributed by atoms with van der Waals surface area (Å²) in [4.78, 5) is 11.7. The first-order valence-corrected chi connectivity index (χ1v) is 5.99. The SMILES string of the molecule is O=C(NCC1CCCO1)C1CCCCN1. The van der Waals surface area contributed by atoms with Crippen molar-refractivity contribution in [2.24, 2.45) is 0 Å². The Labute approximate surface area is 90.8 Å². The van der Waals surface area contributed by atoms with Gasteiger partial charge < -0.3 is 15.4 Å². The number of carbonyl (C=O) groups is 1. The van der Waals surface area contributed by atoms with E-state index in [-0.39, 0.29) is 18.1 Å². The average Bonchev–Trinajstić information content (AvgIpc) is 2.80. The highest BCUT2D eigenvalue weighted by Gasteiger charge is 2.22. The maximum Gasteiger partial charge on any atom is 0.237 e. The van der Waals surface area contributed by atoms with Crippen molar-refractivity contribution < 1.29 is 9.53 Å². The van der Waals surface area contributed by atoms with Gasteiger partial charge in [-0.25, -0.2) is 0 Å². The number of nitrogens with one attached hydrogen (secondary N) is 2. The fraction of sp³-hybridized carbons (Fsp3) is 0.909.